The van der Waals surface area contributed by atoms with Crippen LogP contribution in [0.4, 0.5) is 11.5 Å². The third-order valence-corrected chi connectivity index (χ3v) is 4.81. The van der Waals surface area contributed by atoms with Crippen molar-refractivity contribution in [1.82, 2.24) is 15.0 Å². The molecule has 4 aromatic rings. The first-order chi connectivity index (χ1) is 14.1. The lowest BCUT2D eigenvalue weighted by molar-refractivity contribution is 1.06. The zero-order valence-electron chi connectivity index (χ0n) is 15.1. The zero-order valence-corrected chi connectivity index (χ0v) is 15.9. The van der Waals surface area contributed by atoms with Gasteiger partial charge in [-0.1, -0.05) is 41.9 Å². The van der Waals surface area contributed by atoms with Gasteiger partial charge in [-0.25, -0.2) is 9.97 Å². The lowest BCUT2D eigenvalue weighted by Gasteiger charge is -2.14. The van der Waals surface area contributed by atoms with Gasteiger partial charge in [0.05, 0.1) is 22.4 Å². The number of aromatic amines is 1. The summed E-state index contributed by atoms with van der Waals surface area (Å²) in [6, 6.07) is 14.7. The number of halogens is 1. The number of benzene rings is 2. The van der Waals surface area contributed by atoms with Crippen LogP contribution in [-0.4, -0.2) is 15.0 Å². The molecular formula is C21H15ClN6O. The number of pyridine rings is 1. The van der Waals surface area contributed by atoms with Gasteiger partial charge >= 0.3 is 0 Å². The smallest absolute Gasteiger partial charge is 0.195 e. The number of H-pyrrole nitrogens is 1. The molecule has 0 bridgehead atoms. The summed E-state index contributed by atoms with van der Waals surface area (Å²) in [7, 11) is 0. The average molecular weight is 403 g/mol. The van der Waals surface area contributed by atoms with E-state index in [2.05, 4.69) is 20.3 Å². The molecule has 0 fully saturated rings. The lowest BCUT2D eigenvalue weighted by Crippen LogP contribution is -2.17. The van der Waals surface area contributed by atoms with Crippen LogP contribution < -0.4 is 16.5 Å². The van der Waals surface area contributed by atoms with Crippen LogP contribution in [0.5, 0.6) is 0 Å². The third kappa shape index (κ3) is 3.49. The van der Waals surface area contributed by atoms with Gasteiger partial charge in [-0.3, -0.25) is 4.79 Å². The van der Waals surface area contributed by atoms with Gasteiger partial charge in [-0.05, 0) is 17.7 Å². The second kappa shape index (κ2) is 7.62. The van der Waals surface area contributed by atoms with Gasteiger partial charge in [0.2, 0.25) is 0 Å². The van der Waals surface area contributed by atoms with Crippen molar-refractivity contribution in [1.29, 1.82) is 5.26 Å². The molecule has 0 aliphatic rings. The number of anilines is 2. The second-order valence-corrected chi connectivity index (χ2v) is 6.76. The number of nitrogens with two attached hydrogens (primary N) is 1. The number of hydrogen-bond acceptors (Lipinski definition) is 6. The summed E-state index contributed by atoms with van der Waals surface area (Å²) in [4.78, 5) is 24.6. The second-order valence-electron chi connectivity index (χ2n) is 6.35. The Bertz CT molecular complexity index is 1310. The predicted molar refractivity (Wildman–Crippen MR) is 114 cm³/mol. The van der Waals surface area contributed by atoms with Crippen LogP contribution in [0, 0.1) is 11.3 Å². The molecule has 0 saturated carbocycles. The van der Waals surface area contributed by atoms with Crippen molar-refractivity contribution in [2.75, 3.05) is 11.1 Å². The van der Waals surface area contributed by atoms with Crippen LogP contribution in [0.1, 0.15) is 11.1 Å². The highest BCUT2D eigenvalue weighted by atomic mass is 35.5. The Morgan fingerprint density at radius 1 is 1.24 bits per heavy atom. The number of nitrogen functional groups attached to an aromatic ring is 1. The molecule has 0 amide bonds. The van der Waals surface area contributed by atoms with Gasteiger partial charge in [0, 0.05) is 23.2 Å². The van der Waals surface area contributed by atoms with Gasteiger partial charge in [0.25, 0.3) is 0 Å². The molecule has 0 aliphatic heterocycles. The van der Waals surface area contributed by atoms with Crippen LogP contribution in [-0.2, 0) is 6.54 Å². The van der Waals surface area contributed by atoms with Gasteiger partial charge < -0.3 is 16.0 Å². The maximum atomic E-state index is 13.3. The number of nitriles is 1. The molecule has 7 nitrogen and oxygen atoms in total. The quantitative estimate of drug-likeness (QED) is 0.447. The fourth-order valence-corrected chi connectivity index (χ4v) is 3.43. The molecule has 0 radical (unpaired) electrons. The van der Waals surface area contributed by atoms with Crippen molar-refractivity contribution in [2.24, 2.45) is 0 Å². The molecule has 8 heteroatoms. The molecule has 0 atom stereocenters. The Hall–Kier alpha value is -3.89. The van der Waals surface area contributed by atoms with E-state index in [0.29, 0.717) is 44.3 Å². The van der Waals surface area contributed by atoms with E-state index >= 15 is 0 Å². The summed E-state index contributed by atoms with van der Waals surface area (Å²) >= 11 is 6.34. The number of fused-ring (bicyclic) bond motifs is 1. The van der Waals surface area contributed by atoms with Crippen molar-refractivity contribution < 1.29 is 0 Å². The molecule has 4 N–H and O–H groups in total. The highest BCUT2D eigenvalue weighted by Gasteiger charge is 2.16. The molecular weight excluding hydrogens is 388 g/mol. The van der Waals surface area contributed by atoms with Gasteiger partial charge in [-0.15, -0.1) is 0 Å². The molecule has 29 heavy (non-hydrogen) atoms. The average Bonchev–Trinajstić information content (AvgIpc) is 2.74. The van der Waals surface area contributed by atoms with E-state index in [9.17, 15) is 10.1 Å². The Kier molecular flexibility index (Phi) is 4.85. The minimum Gasteiger partial charge on any atom is -0.399 e. The standard InChI is InChI=1S/C21H15ClN6O/c22-17-7-14(24)6-15-19(17)28-18(12-4-2-1-3-5-12)16(20(15)29)10-26-21-13(8-23)9-25-11-27-21/h1-7,9,11H,10,24H2,(H,28,29)(H,25,26,27). The summed E-state index contributed by atoms with van der Waals surface area (Å²) in [6.45, 7) is 0.146. The summed E-state index contributed by atoms with van der Waals surface area (Å²) in [5.41, 5.74) is 8.85. The zero-order chi connectivity index (χ0) is 20.4. The van der Waals surface area contributed by atoms with E-state index in [-0.39, 0.29) is 12.0 Å². The van der Waals surface area contributed by atoms with E-state index in [4.69, 9.17) is 17.3 Å². The van der Waals surface area contributed by atoms with Crippen LogP contribution >= 0.6 is 11.6 Å². The van der Waals surface area contributed by atoms with Crippen LogP contribution in [0.15, 0.2) is 59.8 Å². The molecule has 142 valence electrons. The normalized spacial score (nSPS) is 10.6. The van der Waals surface area contributed by atoms with Crippen molar-refractivity contribution in [3.63, 3.8) is 0 Å². The number of rotatable bonds is 4. The van der Waals surface area contributed by atoms with E-state index in [1.165, 1.54) is 12.5 Å². The first kappa shape index (κ1) is 18.5. The SMILES string of the molecule is N#Cc1cncnc1NCc1c(-c2ccccc2)[nH]c2c(Cl)cc(N)cc2c1=O. The monoisotopic (exact) mass is 402 g/mol. The molecule has 0 spiro atoms. The fraction of sp³-hybridized carbons (Fsp3) is 0.0476. The van der Waals surface area contributed by atoms with E-state index in [0.717, 1.165) is 5.56 Å². The van der Waals surface area contributed by atoms with Gasteiger partial charge in [0.15, 0.2) is 5.43 Å². The molecule has 0 saturated heterocycles. The maximum Gasteiger partial charge on any atom is 0.195 e. The van der Waals surface area contributed by atoms with Gasteiger partial charge in [-0.2, -0.15) is 5.26 Å². The Labute approximate surface area is 170 Å². The molecule has 4 rings (SSSR count). The first-order valence-electron chi connectivity index (χ1n) is 8.71. The molecule has 2 aromatic carbocycles. The molecule has 2 heterocycles. The lowest BCUT2D eigenvalue weighted by atomic mass is 10.0. The Morgan fingerprint density at radius 2 is 2.03 bits per heavy atom. The summed E-state index contributed by atoms with van der Waals surface area (Å²) in [5.74, 6) is 0.353. The number of nitrogens with one attached hydrogen (secondary N) is 2. The molecule has 2 aromatic heterocycles. The first-order valence-corrected chi connectivity index (χ1v) is 9.09. The highest BCUT2D eigenvalue weighted by molar-refractivity contribution is 6.35. The van der Waals surface area contributed by atoms with Crippen LogP contribution in [0.25, 0.3) is 22.2 Å². The Balaban J connectivity index is 1.90. The summed E-state index contributed by atoms with van der Waals surface area (Å²) < 4.78 is 0. The maximum absolute atomic E-state index is 13.3. The van der Waals surface area contributed by atoms with Crippen molar-refractivity contribution in [3.8, 4) is 17.3 Å². The predicted octanol–water partition coefficient (Wildman–Crippen LogP) is 3.70. The number of hydrogen-bond donors (Lipinski definition) is 3. The highest BCUT2D eigenvalue weighted by Crippen LogP contribution is 2.28. The van der Waals surface area contributed by atoms with Crippen molar-refractivity contribution >= 4 is 34.0 Å². The topological polar surface area (TPSA) is 120 Å². The van der Waals surface area contributed by atoms with Gasteiger partial charge in [0.1, 0.15) is 23.8 Å². The third-order valence-electron chi connectivity index (χ3n) is 4.51. The molecule has 0 unspecified atom stereocenters. The largest absolute Gasteiger partial charge is 0.399 e. The number of nitrogens with zero attached hydrogens (tertiary/aromatic N) is 3. The number of aromatic nitrogens is 3. The summed E-state index contributed by atoms with van der Waals surface area (Å²) in [5, 5.41) is 13.1. The Morgan fingerprint density at radius 3 is 2.79 bits per heavy atom. The van der Waals surface area contributed by atoms with Crippen LogP contribution in [0.3, 0.4) is 0 Å². The molecule has 0 aliphatic carbocycles. The minimum absolute atomic E-state index is 0.146. The van der Waals surface area contributed by atoms with E-state index in [1.807, 2.05) is 36.4 Å². The van der Waals surface area contributed by atoms with E-state index in [1.54, 1.807) is 12.1 Å². The minimum atomic E-state index is -0.202. The van der Waals surface area contributed by atoms with Crippen molar-refractivity contribution in [2.45, 2.75) is 6.54 Å². The van der Waals surface area contributed by atoms with Crippen molar-refractivity contribution in [3.05, 3.63) is 81.4 Å². The fourth-order valence-electron chi connectivity index (χ4n) is 3.15. The van der Waals surface area contributed by atoms with Crippen LogP contribution in [0.2, 0.25) is 5.02 Å². The van der Waals surface area contributed by atoms with E-state index < -0.39 is 0 Å². The summed E-state index contributed by atoms with van der Waals surface area (Å²) in [6.07, 6.45) is 2.75.